The van der Waals surface area contributed by atoms with Crippen LogP contribution >= 0.6 is 0 Å². The molecule has 0 aliphatic carbocycles. The van der Waals surface area contributed by atoms with Crippen molar-refractivity contribution >= 4 is 5.97 Å². The van der Waals surface area contributed by atoms with E-state index >= 15 is 0 Å². The molecule has 0 fully saturated rings. The van der Waals surface area contributed by atoms with Gasteiger partial charge >= 0.3 is 5.97 Å². The molecule has 0 atom stereocenters. The van der Waals surface area contributed by atoms with Crippen molar-refractivity contribution in [3.05, 3.63) is 0 Å². The lowest BCUT2D eigenvalue weighted by atomic mass is 10.0. The van der Waals surface area contributed by atoms with Gasteiger partial charge in [0.05, 0.1) is 11.7 Å². The number of hydrogen-bond donors (Lipinski definition) is 0. The minimum absolute atomic E-state index is 0.0295. The molecule has 0 aromatic heterocycles. The molecule has 0 aliphatic heterocycles. The van der Waals surface area contributed by atoms with E-state index in [0.29, 0.717) is 12.8 Å². The lowest BCUT2D eigenvalue weighted by molar-refractivity contribution is -0.148. The van der Waals surface area contributed by atoms with Crippen molar-refractivity contribution in [1.82, 2.24) is 0 Å². The van der Waals surface area contributed by atoms with Crippen molar-refractivity contribution in [2.75, 3.05) is 7.11 Å². The molecule has 0 saturated heterocycles. The maximum Gasteiger partial charge on any atom is 0.306 e. The molecule has 0 saturated carbocycles. The summed E-state index contributed by atoms with van der Waals surface area (Å²) in [6.07, 6.45) is 1.08. The van der Waals surface area contributed by atoms with Gasteiger partial charge in [-0.15, -0.1) is 0 Å². The average molecular weight is 188 g/mol. The molecule has 0 heterocycles. The van der Waals surface area contributed by atoms with Gasteiger partial charge in [-0.1, -0.05) is 0 Å². The molecule has 3 nitrogen and oxygen atoms in total. The zero-order valence-electron chi connectivity index (χ0n) is 9.22. The predicted molar refractivity (Wildman–Crippen MR) is 51.6 cm³/mol. The molecule has 0 rings (SSSR count). The summed E-state index contributed by atoms with van der Waals surface area (Å²) < 4.78 is 10.2. The van der Waals surface area contributed by atoms with Gasteiger partial charge in [-0.25, -0.2) is 0 Å². The van der Waals surface area contributed by atoms with Crippen LogP contribution in [-0.4, -0.2) is 24.8 Å². The monoisotopic (exact) mass is 188 g/mol. The number of ether oxygens (including phenoxy) is 2. The van der Waals surface area contributed by atoms with Gasteiger partial charge in [0, 0.05) is 13.5 Å². The van der Waals surface area contributed by atoms with Crippen LogP contribution < -0.4 is 0 Å². The van der Waals surface area contributed by atoms with Crippen LogP contribution in [-0.2, 0) is 14.3 Å². The van der Waals surface area contributed by atoms with E-state index in [1.54, 1.807) is 7.11 Å². The molecule has 0 N–H and O–H groups in total. The number of esters is 1. The minimum atomic E-state index is -0.240. The van der Waals surface area contributed by atoms with E-state index in [-0.39, 0.29) is 17.7 Å². The van der Waals surface area contributed by atoms with E-state index in [9.17, 15) is 4.79 Å². The summed E-state index contributed by atoms with van der Waals surface area (Å²) in [6.45, 7) is 7.60. The van der Waals surface area contributed by atoms with E-state index in [1.165, 1.54) is 0 Å². The standard InChI is InChI=1S/C10H20O3/c1-8(2)13-9(11)6-7-10(3,4)12-5/h8H,6-7H2,1-5H3. The fourth-order valence-electron chi connectivity index (χ4n) is 0.827. The summed E-state index contributed by atoms with van der Waals surface area (Å²) in [5.41, 5.74) is -0.240. The maximum atomic E-state index is 11.1. The summed E-state index contributed by atoms with van der Waals surface area (Å²) in [7, 11) is 1.65. The van der Waals surface area contributed by atoms with E-state index in [4.69, 9.17) is 9.47 Å². The van der Waals surface area contributed by atoms with Crippen LogP contribution in [0.15, 0.2) is 0 Å². The highest BCUT2D eigenvalue weighted by Gasteiger charge is 2.18. The number of carbonyl (C=O) groups excluding carboxylic acids is 1. The molecule has 0 amide bonds. The van der Waals surface area contributed by atoms with Gasteiger partial charge in [0.15, 0.2) is 0 Å². The third-order valence-electron chi connectivity index (χ3n) is 1.85. The highest BCUT2D eigenvalue weighted by atomic mass is 16.5. The van der Waals surface area contributed by atoms with Gasteiger partial charge < -0.3 is 9.47 Å². The molecule has 0 radical (unpaired) electrons. The van der Waals surface area contributed by atoms with E-state index in [1.807, 2.05) is 27.7 Å². The van der Waals surface area contributed by atoms with E-state index in [0.717, 1.165) is 0 Å². The first-order valence-electron chi connectivity index (χ1n) is 4.62. The number of carbonyl (C=O) groups is 1. The lowest BCUT2D eigenvalue weighted by Gasteiger charge is -2.22. The number of hydrogen-bond acceptors (Lipinski definition) is 3. The first-order chi connectivity index (χ1) is 5.87. The van der Waals surface area contributed by atoms with Crippen molar-refractivity contribution in [3.8, 4) is 0 Å². The highest BCUT2D eigenvalue weighted by molar-refractivity contribution is 5.69. The number of methoxy groups -OCH3 is 1. The van der Waals surface area contributed by atoms with E-state index < -0.39 is 0 Å². The molecule has 0 aromatic rings. The zero-order chi connectivity index (χ0) is 10.5. The van der Waals surface area contributed by atoms with Crippen LogP contribution in [0.3, 0.4) is 0 Å². The fourth-order valence-corrected chi connectivity index (χ4v) is 0.827. The van der Waals surface area contributed by atoms with E-state index in [2.05, 4.69) is 0 Å². The van der Waals surface area contributed by atoms with Crippen LogP contribution in [0.25, 0.3) is 0 Å². The van der Waals surface area contributed by atoms with Gasteiger partial charge in [-0.3, -0.25) is 4.79 Å². The molecule has 3 heteroatoms. The van der Waals surface area contributed by atoms with Crippen LogP contribution in [0.2, 0.25) is 0 Å². The average Bonchev–Trinajstić information content (AvgIpc) is 2.00. The summed E-state index contributed by atoms with van der Waals surface area (Å²) in [6, 6.07) is 0. The van der Waals surface area contributed by atoms with Crippen LogP contribution in [0, 0.1) is 0 Å². The minimum Gasteiger partial charge on any atom is -0.463 e. The van der Waals surface area contributed by atoms with Crippen molar-refractivity contribution in [1.29, 1.82) is 0 Å². The largest absolute Gasteiger partial charge is 0.463 e. The summed E-state index contributed by atoms with van der Waals surface area (Å²) in [5.74, 6) is -0.153. The Balaban J connectivity index is 3.70. The number of rotatable bonds is 5. The van der Waals surface area contributed by atoms with Gasteiger partial charge in [-0.05, 0) is 34.1 Å². The SMILES string of the molecule is COC(C)(C)CCC(=O)OC(C)C. The molecule has 0 aliphatic rings. The van der Waals surface area contributed by atoms with Crippen molar-refractivity contribution in [2.24, 2.45) is 0 Å². The first-order valence-corrected chi connectivity index (χ1v) is 4.62. The maximum absolute atomic E-state index is 11.1. The fraction of sp³-hybridized carbons (Fsp3) is 0.900. The van der Waals surface area contributed by atoms with Gasteiger partial charge in [0.25, 0.3) is 0 Å². The molecule has 0 spiro atoms. The normalized spacial score (nSPS) is 11.8. The Morgan fingerprint density at radius 3 is 2.31 bits per heavy atom. The molecular weight excluding hydrogens is 168 g/mol. The molecule has 78 valence electrons. The molecule has 0 aromatic carbocycles. The quantitative estimate of drug-likeness (QED) is 0.620. The van der Waals surface area contributed by atoms with Crippen LogP contribution in [0.4, 0.5) is 0 Å². The highest BCUT2D eigenvalue weighted by Crippen LogP contribution is 2.15. The molecule has 13 heavy (non-hydrogen) atoms. The Bertz CT molecular complexity index is 162. The Labute approximate surface area is 80.4 Å². The third kappa shape index (κ3) is 6.58. The smallest absolute Gasteiger partial charge is 0.306 e. The Hall–Kier alpha value is -0.570. The Kier molecular flexibility index (Phi) is 4.99. The molecular formula is C10H20O3. The predicted octanol–water partition coefficient (Wildman–Crippen LogP) is 2.14. The van der Waals surface area contributed by atoms with Crippen molar-refractivity contribution in [3.63, 3.8) is 0 Å². The van der Waals surface area contributed by atoms with Gasteiger partial charge in [0.2, 0.25) is 0 Å². The Morgan fingerprint density at radius 1 is 1.38 bits per heavy atom. The van der Waals surface area contributed by atoms with Crippen molar-refractivity contribution in [2.45, 2.75) is 52.2 Å². The zero-order valence-corrected chi connectivity index (χ0v) is 9.22. The summed E-state index contributed by atoms with van der Waals surface area (Å²) >= 11 is 0. The van der Waals surface area contributed by atoms with Crippen molar-refractivity contribution < 1.29 is 14.3 Å². The van der Waals surface area contributed by atoms with Gasteiger partial charge in [-0.2, -0.15) is 0 Å². The van der Waals surface area contributed by atoms with Gasteiger partial charge in [0.1, 0.15) is 0 Å². The second-order valence-corrected chi connectivity index (χ2v) is 4.00. The second kappa shape index (κ2) is 5.22. The summed E-state index contributed by atoms with van der Waals surface area (Å²) in [4.78, 5) is 11.1. The second-order valence-electron chi connectivity index (χ2n) is 4.00. The topological polar surface area (TPSA) is 35.5 Å². The summed E-state index contributed by atoms with van der Waals surface area (Å²) in [5, 5.41) is 0. The van der Waals surface area contributed by atoms with Crippen LogP contribution in [0.1, 0.15) is 40.5 Å². The Morgan fingerprint density at radius 2 is 1.92 bits per heavy atom. The molecule has 0 bridgehead atoms. The lowest BCUT2D eigenvalue weighted by Crippen LogP contribution is -2.24. The third-order valence-corrected chi connectivity index (χ3v) is 1.85. The molecule has 0 unspecified atom stereocenters. The first kappa shape index (κ1) is 12.4. The van der Waals surface area contributed by atoms with Crippen LogP contribution in [0.5, 0.6) is 0 Å².